The van der Waals surface area contributed by atoms with Crippen molar-refractivity contribution in [2.45, 2.75) is 19.9 Å². The number of carbonyl (C=O) groups excluding carboxylic acids is 1. The molecule has 0 aliphatic rings. The second kappa shape index (κ2) is 7.04. The number of aromatic nitrogens is 2. The number of nitrogens with zero attached hydrogens (tertiary/aromatic N) is 3. The lowest BCUT2D eigenvalue weighted by Gasteiger charge is -2.13. The standard InChI is InChI=1S/C17H15N3O5S/c1-3-25-17(22)10(2)19-9-18-15-14(16(19)21)13(8-26-15)11-5-4-6-12(7-11)20(23)24/h4-10H,3H2,1-2H3. The van der Waals surface area contributed by atoms with Gasteiger partial charge in [-0.25, -0.2) is 9.78 Å². The first-order valence-corrected chi connectivity index (χ1v) is 8.71. The Morgan fingerprint density at radius 3 is 2.92 bits per heavy atom. The lowest BCUT2D eigenvalue weighted by molar-refractivity contribution is -0.384. The van der Waals surface area contributed by atoms with E-state index in [2.05, 4.69) is 4.98 Å². The number of non-ortho nitro benzene ring substituents is 1. The number of ether oxygens (including phenoxy) is 1. The van der Waals surface area contributed by atoms with Crippen LogP contribution in [0.4, 0.5) is 5.69 Å². The molecular weight excluding hydrogens is 358 g/mol. The highest BCUT2D eigenvalue weighted by Crippen LogP contribution is 2.32. The van der Waals surface area contributed by atoms with Crippen LogP contribution < -0.4 is 5.56 Å². The zero-order chi connectivity index (χ0) is 18.8. The van der Waals surface area contributed by atoms with Gasteiger partial charge in [-0.05, 0) is 19.4 Å². The molecule has 0 bridgehead atoms. The van der Waals surface area contributed by atoms with Gasteiger partial charge in [-0.2, -0.15) is 0 Å². The molecule has 0 saturated carbocycles. The molecule has 8 nitrogen and oxygen atoms in total. The quantitative estimate of drug-likeness (QED) is 0.386. The van der Waals surface area contributed by atoms with Gasteiger partial charge in [0.05, 0.1) is 23.2 Å². The Hall–Kier alpha value is -3.07. The second-order valence-corrected chi connectivity index (χ2v) is 6.38. The smallest absolute Gasteiger partial charge is 0.328 e. The predicted molar refractivity (Wildman–Crippen MR) is 97.3 cm³/mol. The van der Waals surface area contributed by atoms with Crippen molar-refractivity contribution in [3.8, 4) is 11.1 Å². The number of benzene rings is 1. The lowest BCUT2D eigenvalue weighted by atomic mass is 10.1. The summed E-state index contributed by atoms with van der Waals surface area (Å²) in [6.07, 6.45) is 1.32. The summed E-state index contributed by atoms with van der Waals surface area (Å²) in [5.41, 5.74) is 0.645. The van der Waals surface area contributed by atoms with E-state index in [0.717, 1.165) is 0 Å². The van der Waals surface area contributed by atoms with Crippen molar-refractivity contribution in [2.24, 2.45) is 0 Å². The van der Waals surface area contributed by atoms with Crippen molar-refractivity contribution in [1.29, 1.82) is 0 Å². The number of nitro benzene ring substituents is 1. The number of nitro groups is 1. The minimum Gasteiger partial charge on any atom is -0.464 e. The summed E-state index contributed by atoms with van der Waals surface area (Å²) in [5.74, 6) is -0.525. The molecule has 1 atom stereocenters. The molecule has 0 amide bonds. The van der Waals surface area contributed by atoms with Crippen LogP contribution in [0.25, 0.3) is 21.3 Å². The predicted octanol–water partition coefficient (Wildman–Crippen LogP) is 3.16. The van der Waals surface area contributed by atoms with Crippen LogP contribution in [0.15, 0.2) is 40.8 Å². The average molecular weight is 373 g/mol. The number of hydrogen-bond acceptors (Lipinski definition) is 7. The zero-order valence-electron chi connectivity index (χ0n) is 14.0. The van der Waals surface area contributed by atoms with E-state index in [1.54, 1.807) is 31.4 Å². The molecule has 0 aliphatic heterocycles. The minimum atomic E-state index is -0.822. The molecule has 3 aromatic rings. The van der Waals surface area contributed by atoms with Crippen LogP contribution in [-0.2, 0) is 9.53 Å². The first kappa shape index (κ1) is 17.7. The maximum absolute atomic E-state index is 12.9. The molecule has 134 valence electrons. The van der Waals surface area contributed by atoms with E-state index in [1.165, 1.54) is 34.4 Å². The maximum Gasteiger partial charge on any atom is 0.328 e. The number of hydrogen-bond donors (Lipinski definition) is 0. The van der Waals surface area contributed by atoms with Gasteiger partial charge >= 0.3 is 5.97 Å². The largest absolute Gasteiger partial charge is 0.464 e. The van der Waals surface area contributed by atoms with Crippen LogP contribution in [0.2, 0.25) is 0 Å². The Balaban J connectivity index is 2.16. The van der Waals surface area contributed by atoms with Gasteiger partial charge in [0, 0.05) is 23.1 Å². The molecule has 0 saturated heterocycles. The van der Waals surface area contributed by atoms with Crippen molar-refractivity contribution in [1.82, 2.24) is 9.55 Å². The van der Waals surface area contributed by atoms with Crippen LogP contribution in [0.3, 0.4) is 0 Å². The summed E-state index contributed by atoms with van der Waals surface area (Å²) >= 11 is 1.27. The van der Waals surface area contributed by atoms with Gasteiger partial charge in [-0.15, -0.1) is 11.3 Å². The number of carbonyl (C=O) groups is 1. The molecule has 1 unspecified atom stereocenters. The molecule has 0 aliphatic carbocycles. The van der Waals surface area contributed by atoms with E-state index in [1.807, 2.05) is 0 Å². The average Bonchev–Trinajstić information content (AvgIpc) is 3.07. The number of fused-ring (bicyclic) bond motifs is 1. The topological polar surface area (TPSA) is 104 Å². The molecule has 26 heavy (non-hydrogen) atoms. The Morgan fingerprint density at radius 1 is 1.46 bits per heavy atom. The molecule has 3 rings (SSSR count). The molecular formula is C17H15N3O5S. The summed E-state index contributed by atoms with van der Waals surface area (Å²) in [7, 11) is 0. The monoisotopic (exact) mass is 373 g/mol. The van der Waals surface area contributed by atoms with Crippen molar-refractivity contribution >= 4 is 33.2 Å². The molecule has 2 heterocycles. The van der Waals surface area contributed by atoms with Crippen molar-refractivity contribution < 1.29 is 14.5 Å². The van der Waals surface area contributed by atoms with Crippen LogP contribution in [0.5, 0.6) is 0 Å². The summed E-state index contributed by atoms with van der Waals surface area (Å²) in [6.45, 7) is 3.46. The normalized spacial score (nSPS) is 12.1. The first-order chi connectivity index (χ1) is 12.4. The van der Waals surface area contributed by atoms with Gasteiger partial charge in [0.15, 0.2) is 0 Å². The van der Waals surface area contributed by atoms with Crippen molar-refractivity contribution in [3.63, 3.8) is 0 Å². The van der Waals surface area contributed by atoms with Gasteiger partial charge in [-0.3, -0.25) is 19.5 Å². The highest BCUT2D eigenvalue weighted by molar-refractivity contribution is 7.17. The van der Waals surface area contributed by atoms with E-state index >= 15 is 0 Å². The summed E-state index contributed by atoms with van der Waals surface area (Å²) < 4.78 is 6.18. The molecule has 2 aromatic heterocycles. The van der Waals surface area contributed by atoms with Crippen molar-refractivity contribution in [2.75, 3.05) is 6.61 Å². The molecule has 9 heteroatoms. The third kappa shape index (κ3) is 3.08. The fourth-order valence-corrected chi connectivity index (χ4v) is 3.50. The minimum absolute atomic E-state index is 0.0639. The Labute approximate surface area is 151 Å². The van der Waals surface area contributed by atoms with E-state index in [9.17, 15) is 19.7 Å². The fourth-order valence-electron chi connectivity index (χ4n) is 2.60. The highest BCUT2D eigenvalue weighted by Gasteiger charge is 2.21. The molecule has 1 aromatic carbocycles. The van der Waals surface area contributed by atoms with Crippen molar-refractivity contribution in [3.05, 3.63) is 56.4 Å². The SMILES string of the molecule is CCOC(=O)C(C)n1cnc2scc(-c3cccc([N+](=O)[O-])c3)c2c1=O. The number of rotatable bonds is 5. The molecule has 0 N–H and O–H groups in total. The Bertz CT molecular complexity index is 1060. The second-order valence-electron chi connectivity index (χ2n) is 5.52. The molecule has 0 fully saturated rings. The van der Waals surface area contributed by atoms with Crippen LogP contribution in [0, 0.1) is 10.1 Å². The Kier molecular flexibility index (Phi) is 4.81. The van der Waals surface area contributed by atoms with E-state index in [0.29, 0.717) is 21.3 Å². The van der Waals surface area contributed by atoms with Gasteiger partial charge in [0.1, 0.15) is 10.9 Å². The van der Waals surface area contributed by atoms with Gasteiger partial charge in [0.2, 0.25) is 0 Å². The maximum atomic E-state index is 12.9. The number of thiophene rings is 1. The lowest BCUT2D eigenvalue weighted by Crippen LogP contribution is -2.29. The summed E-state index contributed by atoms with van der Waals surface area (Å²) in [4.78, 5) is 40.2. The summed E-state index contributed by atoms with van der Waals surface area (Å²) in [6, 6.07) is 5.23. The first-order valence-electron chi connectivity index (χ1n) is 7.83. The highest BCUT2D eigenvalue weighted by atomic mass is 32.1. The van der Waals surface area contributed by atoms with Gasteiger partial charge in [-0.1, -0.05) is 12.1 Å². The van der Waals surface area contributed by atoms with E-state index in [4.69, 9.17) is 4.74 Å². The van der Waals surface area contributed by atoms with Crippen LogP contribution in [-0.4, -0.2) is 27.1 Å². The van der Waals surface area contributed by atoms with Gasteiger partial charge < -0.3 is 4.74 Å². The third-order valence-corrected chi connectivity index (χ3v) is 4.82. The van der Waals surface area contributed by atoms with E-state index in [-0.39, 0.29) is 12.3 Å². The third-order valence-electron chi connectivity index (χ3n) is 3.93. The van der Waals surface area contributed by atoms with Crippen LogP contribution >= 0.6 is 11.3 Å². The fraction of sp³-hybridized carbons (Fsp3) is 0.235. The van der Waals surface area contributed by atoms with Gasteiger partial charge in [0.25, 0.3) is 11.2 Å². The Morgan fingerprint density at radius 2 is 2.23 bits per heavy atom. The number of esters is 1. The molecule has 0 spiro atoms. The summed E-state index contributed by atoms with van der Waals surface area (Å²) in [5, 5.41) is 13.1. The zero-order valence-corrected chi connectivity index (χ0v) is 14.9. The molecule has 0 radical (unpaired) electrons. The van der Waals surface area contributed by atoms with Crippen LogP contribution in [0.1, 0.15) is 19.9 Å². The van der Waals surface area contributed by atoms with E-state index < -0.39 is 22.5 Å².